The van der Waals surface area contributed by atoms with Gasteiger partial charge < -0.3 is 5.11 Å². The van der Waals surface area contributed by atoms with E-state index >= 15 is 0 Å². The van der Waals surface area contributed by atoms with Gasteiger partial charge in [-0.15, -0.1) is 0 Å². The van der Waals surface area contributed by atoms with Crippen LogP contribution in [0.25, 0.3) is 0 Å². The van der Waals surface area contributed by atoms with Crippen molar-refractivity contribution in [2.75, 3.05) is 0 Å². The average Bonchev–Trinajstić information content (AvgIpc) is 2.65. The van der Waals surface area contributed by atoms with E-state index in [0.717, 1.165) is 5.92 Å². The van der Waals surface area contributed by atoms with Crippen molar-refractivity contribution >= 4 is 0 Å². The van der Waals surface area contributed by atoms with Crippen molar-refractivity contribution in [1.29, 1.82) is 0 Å². The van der Waals surface area contributed by atoms with E-state index in [1.54, 1.807) is 0 Å². The number of aromatic hydroxyl groups is 1. The monoisotopic (exact) mass is 360 g/mol. The lowest BCUT2D eigenvalue weighted by Gasteiger charge is -2.29. The first kappa shape index (κ1) is 23.1. The van der Waals surface area contributed by atoms with Gasteiger partial charge in [-0.2, -0.15) is 0 Å². The maximum atomic E-state index is 10.5. The predicted octanol–water partition coefficient (Wildman–Crippen LogP) is 8.61. The average molecular weight is 361 g/mol. The lowest BCUT2D eigenvalue weighted by molar-refractivity contribution is 0.318. The van der Waals surface area contributed by atoms with Crippen molar-refractivity contribution in [2.45, 2.75) is 117 Å². The Bertz CT molecular complexity index is 440. The van der Waals surface area contributed by atoms with Crippen LogP contribution in [0.2, 0.25) is 0 Å². The van der Waals surface area contributed by atoms with Gasteiger partial charge in [-0.1, -0.05) is 110 Å². The molecule has 1 N–H and O–H groups in total. The Morgan fingerprint density at radius 1 is 0.654 bits per heavy atom. The molecule has 1 nitrogen and oxygen atoms in total. The third-order valence-corrected chi connectivity index (χ3v) is 5.88. The molecule has 1 aromatic carbocycles. The summed E-state index contributed by atoms with van der Waals surface area (Å²) in [5.74, 6) is 1.77. The topological polar surface area (TPSA) is 20.2 Å². The molecule has 0 heterocycles. The van der Waals surface area contributed by atoms with E-state index in [1.165, 1.54) is 95.5 Å². The molecule has 0 bridgehead atoms. The highest BCUT2D eigenvalue weighted by Gasteiger charge is 2.24. The summed E-state index contributed by atoms with van der Waals surface area (Å²) in [7, 11) is 0. The Balaban J connectivity index is 2.76. The molecule has 0 aromatic heterocycles. The molecule has 2 atom stereocenters. The SMILES string of the molecule is CCCCCCCCC(c1ccccc1O)C(CCCC)CCCCC. The van der Waals surface area contributed by atoms with Crippen LogP contribution in [0.15, 0.2) is 24.3 Å². The molecule has 0 saturated carbocycles. The Labute approximate surface area is 163 Å². The minimum absolute atomic E-state index is 0.514. The van der Waals surface area contributed by atoms with Gasteiger partial charge in [0.2, 0.25) is 0 Å². The second-order valence-electron chi connectivity index (χ2n) is 8.12. The molecular weight excluding hydrogens is 316 g/mol. The second kappa shape index (κ2) is 15.1. The molecule has 0 fully saturated rings. The van der Waals surface area contributed by atoms with Crippen molar-refractivity contribution < 1.29 is 5.11 Å². The smallest absolute Gasteiger partial charge is 0.119 e. The third kappa shape index (κ3) is 9.10. The van der Waals surface area contributed by atoms with E-state index in [4.69, 9.17) is 0 Å². The zero-order valence-electron chi connectivity index (χ0n) is 17.8. The number of benzene rings is 1. The summed E-state index contributed by atoms with van der Waals surface area (Å²) in [5.41, 5.74) is 1.21. The minimum atomic E-state index is 0.514. The molecule has 0 aliphatic heterocycles. The Morgan fingerprint density at radius 2 is 1.19 bits per heavy atom. The molecule has 0 aliphatic carbocycles. The maximum Gasteiger partial charge on any atom is 0.119 e. The minimum Gasteiger partial charge on any atom is -0.508 e. The molecular formula is C25H44O. The van der Waals surface area contributed by atoms with Gasteiger partial charge in [0.15, 0.2) is 0 Å². The van der Waals surface area contributed by atoms with Gasteiger partial charge >= 0.3 is 0 Å². The molecule has 0 saturated heterocycles. The van der Waals surface area contributed by atoms with Gasteiger partial charge in [-0.05, 0) is 42.7 Å². The summed E-state index contributed by atoms with van der Waals surface area (Å²) in [6, 6.07) is 8.12. The number of phenolic OH excluding ortho intramolecular Hbond substituents is 1. The first-order chi connectivity index (χ1) is 12.7. The second-order valence-corrected chi connectivity index (χ2v) is 8.12. The molecule has 1 heteroatoms. The van der Waals surface area contributed by atoms with Crippen LogP contribution in [-0.2, 0) is 0 Å². The van der Waals surface area contributed by atoms with Crippen molar-refractivity contribution in [3.8, 4) is 5.75 Å². The van der Waals surface area contributed by atoms with E-state index in [1.807, 2.05) is 12.1 Å². The lowest BCUT2D eigenvalue weighted by atomic mass is 9.76. The highest BCUT2D eigenvalue weighted by molar-refractivity contribution is 5.35. The summed E-state index contributed by atoms with van der Waals surface area (Å²) in [6.07, 6.45) is 18.5. The molecule has 26 heavy (non-hydrogen) atoms. The molecule has 1 aromatic rings. The van der Waals surface area contributed by atoms with Crippen LogP contribution in [-0.4, -0.2) is 5.11 Å². The summed E-state index contributed by atoms with van der Waals surface area (Å²) >= 11 is 0. The maximum absolute atomic E-state index is 10.5. The number of hydrogen-bond donors (Lipinski definition) is 1. The number of rotatable bonds is 16. The largest absolute Gasteiger partial charge is 0.508 e. The molecule has 150 valence electrons. The predicted molar refractivity (Wildman–Crippen MR) is 116 cm³/mol. The van der Waals surface area contributed by atoms with Crippen LogP contribution >= 0.6 is 0 Å². The van der Waals surface area contributed by atoms with Crippen LogP contribution in [0.5, 0.6) is 5.75 Å². The standard InChI is InChI=1S/C25H44O/c1-4-7-10-11-12-14-19-23(24-20-15-16-21-25(24)26)22(17-9-6-3)18-13-8-5-2/h15-16,20-23,26H,4-14,17-19H2,1-3H3. The number of hydrogen-bond acceptors (Lipinski definition) is 1. The lowest BCUT2D eigenvalue weighted by Crippen LogP contribution is -2.14. The number of unbranched alkanes of at least 4 members (excludes halogenated alkanes) is 8. The van der Waals surface area contributed by atoms with Crippen LogP contribution in [0.3, 0.4) is 0 Å². The van der Waals surface area contributed by atoms with E-state index in [-0.39, 0.29) is 0 Å². The molecule has 0 amide bonds. The first-order valence-corrected chi connectivity index (χ1v) is 11.5. The van der Waals surface area contributed by atoms with E-state index in [0.29, 0.717) is 11.7 Å². The van der Waals surface area contributed by atoms with E-state index < -0.39 is 0 Å². The highest BCUT2D eigenvalue weighted by atomic mass is 16.3. The van der Waals surface area contributed by atoms with Crippen molar-refractivity contribution in [3.05, 3.63) is 29.8 Å². The van der Waals surface area contributed by atoms with Gasteiger partial charge in [0.1, 0.15) is 5.75 Å². The van der Waals surface area contributed by atoms with Gasteiger partial charge in [0.05, 0.1) is 0 Å². The van der Waals surface area contributed by atoms with Crippen LogP contribution in [0.1, 0.15) is 122 Å². The van der Waals surface area contributed by atoms with Gasteiger partial charge in [-0.3, -0.25) is 0 Å². The van der Waals surface area contributed by atoms with Gasteiger partial charge in [0, 0.05) is 0 Å². The van der Waals surface area contributed by atoms with Crippen LogP contribution < -0.4 is 0 Å². The fourth-order valence-electron chi connectivity index (χ4n) is 4.26. The summed E-state index contributed by atoms with van der Waals surface area (Å²) in [5, 5.41) is 10.5. The van der Waals surface area contributed by atoms with E-state index in [9.17, 15) is 5.11 Å². The van der Waals surface area contributed by atoms with Gasteiger partial charge in [-0.25, -0.2) is 0 Å². The first-order valence-electron chi connectivity index (χ1n) is 11.5. The van der Waals surface area contributed by atoms with Crippen molar-refractivity contribution in [1.82, 2.24) is 0 Å². The fraction of sp³-hybridized carbons (Fsp3) is 0.760. The number of phenols is 1. The summed E-state index contributed by atoms with van der Waals surface area (Å²) in [4.78, 5) is 0. The highest BCUT2D eigenvalue weighted by Crippen LogP contribution is 2.40. The molecule has 2 unspecified atom stereocenters. The summed E-state index contributed by atoms with van der Waals surface area (Å²) in [6.45, 7) is 6.87. The molecule has 0 radical (unpaired) electrons. The van der Waals surface area contributed by atoms with E-state index in [2.05, 4.69) is 32.9 Å². The quantitative estimate of drug-likeness (QED) is 0.292. The normalized spacial score (nSPS) is 13.7. The fourth-order valence-corrected chi connectivity index (χ4v) is 4.26. The third-order valence-electron chi connectivity index (χ3n) is 5.88. The molecule has 1 rings (SSSR count). The zero-order valence-corrected chi connectivity index (χ0v) is 17.8. The van der Waals surface area contributed by atoms with Crippen molar-refractivity contribution in [2.24, 2.45) is 5.92 Å². The molecule has 0 spiro atoms. The Morgan fingerprint density at radius 3 is 1.88 bits per heavy atom. The van der Waals surface area contributed by atoms with Crippen LogP contribution in [0.4, 0.5) is 0 Å². The zero-order chi connectivity index (χ0) is 19.0. The van der Waals surface area contributed by atoms with Gasteiger partial charge in [0.25, 0.3) is 0 Å². The van der Waals surface area contributed by atoms with Crippen LogP contribution in [0, 0.1) is 5.92 Å². The molecule has 0 aliphatic rings. The Hall–Kier alpha value is -0.980. The Kier molecular flexibility index (Phi) is 13.4. The number of para-hydroxylation sites is 1. The van der Waals surface area contributed by atoms with Crippen molar-refractivity contribution in [3.63, 3.8) is 0 Å². The summed E-state index contributed by atoms with van der Waals surface area (Å²) < 4.78 is 0.